The summed E-state index contributed by atoms with van der Waals surface area (Å²) in [5.41, 5.74) is 0. The van der Waals surface area contributed by atoms with E-state index in [4.69, 9.17) is 28.0 Å². The number of hydrogen-bond donors (Lipinski definition) is 1. The average molecular weight is 792 g/mol. The first kappa shape index (κ1) is 31.3. The Morgan fingerprint density at radius 3 is 2.27 bits per heavy atom. The zero-order valence-corrected chi connectivity index (χ0v) is 24.9. The Hall–Kier alpha value is 1.29. The van der Waals surface area contributed by atoms with Crippen LogP contribution in [-0.2, 0) is 74.7 Å². The zero-order chi connectivity index (χ0) is 21.1. The molecular formula is C18H33O9PW2-2. The molecule has 0 saturated carbocycles. The van der Waals surface area contributed by atoms with Crippen LogP contribution in [-0.4, -0.2) is 73.3 Å². The number of phosphoric ester groups is 1. The van der Waals surface area contributed by atoms with Gasteiger partial charge in [-0.3, -0.25) is 11.0 Å². The molecule has 1 N–H and O–H groups in total. The summed E-state index contributed by atoms with van der Waals surface area (Å²) in [7, 11) is -4.64. The fraction of sp³-hybridized carbons (Fsp3) is 0.944. The molecule has 0 aromatic heterocycles. The van der Waals surface area contributed by atoms with Gasteiger partial charge >= 0.3 is 0 Å². The summed E-state index contributed by atoms with van der Waals surface area (Å²) in [5, 5.41) is 10.2. The van der Waals surface area contributed by atoms with E-state index >= 15 is 0 Å². The van der Waals surface area contributed by atoms with Crippen molar-refractivity contribution >= 4 is 7.82 Å². The topological polar surface area (TPSA) is 116 Å². The Kier molecular flexibility index (Phi) is 14.5. The number of ether oxygens (including phenoxy) is 4. The minimum absolute atomic E-state index is 0. The molecular weight excluding hydrogens is 759 g/mol. The number of hydrogen-bond acceptors (Lipinski definition) is 9. The molecule has 178 valence electrons. The van der Waals surface area contributed by atoms with Crippen molar-refractivity contribution in [1.29, 1.82) is 0 Å². The van der Waals surface area contributed by atoms with E-state index in [0.29, 0.717) is 0 Å². The molecule has 0 aromatic carbocycles. The van der Waals surface area contributed by atoms with Gasteiger partial charge in [0.1, 0.15) is 18.3 Å². The van der Waals surface area contributed by atoms with Crippen molar-refractivity contribution in [3.63, 3.8) is 0 Å². The van der Waals surface area contributed by atoms with E-state index in [2.05, 4.69) is 0 Å². The maximum Gasteiger partial charge on any atom is 0.265 e. The Morgan fingerprint density at radius 1 is 1.07 bits per heavy atom. The molecule has 2 saturated heterocycles. The summed E-state index contributed by atoms with van der Waals surface area (Å²) in [4.78, 5) is 12.3. The standard InChI is InChI=1S/C18H34O9P.2W/c1-10(2)22-8-15-14(7-12(5)25-15)27-28(20,21)23-9-16-18(24-11(3)4)17(19)13(6)26-16;;/h7,10-19H,8-9H2,1-6H3,(H,20,21);;/q-1;;/p-1/t12-,13-,14+,15+,16+,17?,18-;;/m0../s1. The number of aliphatic hydroxyl groups is 1. The molecule has 0 aromatic rings. The smallest absolute Gasteiger partial charge is 0.265 e. The third-order valence-corrected chi connectivity index (χ3v) is 5.43. The molecule has 2 heterocycles. The van der Waals surface area contributed by atoms with Crippen molar-refractivity contribution in [2.75, 3.05) is 13.2 Å². The summed E-state index contributed by atoms with van der Waals surface area (Å²) < 4.78 is 45.0. The summed E-state index contributed by atoms with van der Waals surface area (Å²) >= 11 is 0. The van der Waals surface area contributed by atoms with Crippen molar-refractivity contribution in [1.82, 2.24) is 0 Å². The maximum atomic E-state index is 12.3. The molecule has 0 bridgehead atoms. The van der Waals surface area contributed by atoms with Crippen LogP contribution in [0.5, 0.6) is 0 Å². The fourth-order valence-electron chi connectivity index (χ4n) is 3.20. The van der Waals surface area contributed by atoms with Gasteiger partial charge in [-0.25, -0.2) is 0 Å². The van der Waals surface area contributed by atoms with Gasteiger partial charge in [-0.05, 0) is 40.7 Å². The Bertz CT molecular complexity index is 540. The first-order valence-electron chi connectivity index (χ1n) is 9.73. The summed E-state index contributed by atoms with van der Waals surface area (Å²) in [5.74, 6) is 0. The SMILES string of the molecule is CC(C)OC[C@H]1O[C@@H](C)[CH-][C@H]1OP(=O)([O-])OC[C@H]1O[C@@H](C)C(O)[C@H]1OC(C)C.[W].[W]. The molecule has 2 aliphatic rings. The van der Waals surface area contributed by atoms with Crippen molar-refractivity contribution < 1.29 is 84.7 Å². The Balaban J connectivity index is 0.00000420. The third kappa shape index (κ3) is 9.65. The molecule has 2 rings (SSSR count). The first-order chi connectivity index (χ1) is 13.0. The van der Waals surface area contributed by atoms with Gasteiger partial charge in [0.05, 0.1) is 37.6 Å². The van der Waals surface area contributed by atoms with Gasteiger partial charge in [-0.2, -0.15) is 0 Å². The van der Waals surface area contributed by atoms with Gasteiger partial charge in [0.25, 0.3) is 7.82 Å². The number of aliphatic hydroxyl groups excluding tert-OH is 1. The predicted octanol–water partition coefficient (Wildman–Crippen LogP) is 1.21. The second kappa shape index (κ2) is 13.9. The van der Waals surface area contributed by atoms with Crippen LogP contribution in [0.2, 0.25) is 0 Å². The van der Waals surface area contributed by atoms with E-state index in [1.54, 1.807) is 20.3 Å². The van der Waals surface area contributed by atoms with Crippen LogP contribution < -0.4 is 4.89 Å². The second-order valence-electron chi connectivity index (χ2n) is 7.79. The number of rotatable bonds is 10. The molecule has 30 heavy (non-hydrogen) atoms. The first-order valence-corrected chi connectivity index (χ1v) is 11.2. The molecule has 9 nitrogen and oxygen atoms in total. The fourth-order valence-corrected chi connectivity index (χ4v) is 4.09. The van der Waals surface area contributed by atoms with Crippen molar-refractivity contribution in [2.45, 2.75) is 96.5 Å². The molecule has 2 fully saturated rings. The maximum absolute atomic E-state index is 12.3. The minimum atomic E-state index is -4.64. The second-order valence-corrected chi connectivity index (χ2v) is 9.15. The van der Waals surface area contributed by atoms with Crippen LogP contribution in [0.25, 0.3) is 0 Å². The van der Waals surface area contributed by atoms with Crippen molar-refractivity contribution in [3.05, 3.63) is 6.42 Å². The molecule has 0 spiro atoms. The van der Waals surface area contributed by atoms with Crippen LogP contribution in [0.3, 0.4) is 0 Å². The van der Waals surface area contributed by atoms with Crippen LogP contribution in [0.15, 0.2) is 0 Å². The van der Waals surface area contributed by atoms with Gasteiger partial charge in [0, 0.05) is 42.1 Å². The van der Waals surface area contributed by atoms with Crippen LogP contribution >= 0.6 is 7.82 Å². The van der Waals surface area contributed by atoms with Crippen molar-refractivity contribution in [2.24, 2.45) is 0 Å². The zero-order valence-electron chi connectivity index (χ0n) is 18.2. The molecule has 12 heteroatoms. The summed E-state index contributed by atoms with van der Waals surface area (Å²) in [6.45, 7) is 10.8. The van der Waals surface area contributed by atoms with Gasteiger partial charge in [0.2, 0.25) is 0 Å². The minimum Gasteiger partial charge on any atom is -0.756 e. The molecule has 8 atom stereocenters. The van der Waals surface area contributed by atoms with E-state index in [9.17, 15) is 14.6 Å². The van der Waals surface area contributed by atoms with Gasteiger partial charge in [-0.15, -0.1) is 0 Å². The molecule has 2 aliphatic heterocycles. The summed E-state index contributed by atoms with van der Waals surface area (Å²) in [6.07, 6.45) is -2.85. The van der Waals surface area contributed by atoms with E-state index in [-0.39, 0.29) is 73.7 Å². The molecule has 0 amide bonds. The molecule has 2 unspecified atom stereocenters. The van der Waals surface area contributed by atoms with E-state index < -0.39 is 44.4 Å². The van der Waals surface area contributed by atoms with Gasteiger partial charge in [0.15, 0.2) is 0 Å². The largest absolute Gasteiger partial charge is 0.756 e. The third-order valence-electron chi connectivity index (χ3n) is 4.46. The van der Waals surface area contributed by atoms with E-state index in [1.165, 1.54) is 0 Å². The van der Waals surface area contributed by atoms with Gasteiger partial charge < -0.3 is 38.0 Å². The summed E-state index contributed by atoms with van der Waals surface area (Å²) in [6, 6.07) is 0. The van der Waals surface area contributed by atoms with Crippen molar-refractivity contribution in [3.8, 4) is 0 Å². The molecule has 0 aliphatic carbocycles. The average Bonchev–Trinajstić information content (AvgIpc) is 3.04. The Morgan fingerprint density at radius 2 is 1.70 bits per heavy atom. The molecule has 0 radical (unpaired) electrons. The Labute approximate surface area is 208 Å². The monoisotopic (exact) mass is 792 g/mol. The van der Waals surface area contributed by atoms with E-state index in [0.717, 1.165) is 0 Å². The number of phosphoric acid groups is 1. The normalized spacial score (nSPS) is 35.9. The van der Waals surface area contributed by atoms with E-state index in [1.807, 2.05) is 27.7 Å². The van der Waals surface area contributed by atoms with Gasteiger partial charge in [-0.1, -0.05) is 13.0 Å². The van der Waals surface area contributed by atoms with Crippen LogP contribution in [0, 0.1) is 6.42 Å². The van der Waals surface area contributed by atoms with Crippen LogP contribution in [0.1, 0.15) is 41.5 Å². The predicted molar refractivity (Wildman–Crippen MR) is 98.5 cm³/mol. The quantitative estimate of drug-likeness (QED) is 0.258. The van der Waals surface area contributed by atoms with Crippen LogP contribution in [0.4, 0.5) is 0 Å².